The number of para-hydroxylation sites is 2. The maximum absolute atomic E-state index is 5.28. The Morgan fingerprint density at radius 2 is 0.581 bits per heavy atom. The number of nitrogens with zero attached hydrogens (tertiary/aromatic N) is 6. The van der Waals surface area contributed by atoms with Gasteiger partial charge < -0.3 is 0 Å². The van der Waals surface area contributed by atoms with Crippen LogP contribution in [0.25, 0.3) is 112 Å². The molecule has 4 heterocycles. The van der Waals surface area contributed by atoms with Crippen LogP contribution in [0, 0.1) is 0 Å². The predicted molar refractivity (Wildman–Crippen MR) is 253 cm³/mol. The van der Waals surface area contributed by atoms with Crippen LogP contribution >= 0.6 is 0 Å². The average molecular weight is 793 g/mol. The lowest BCUT2D eigenvalue weighted by Crippen LogP contribution is -2.03. The molecule has 62 heavy (non-hydrogen) atoms. The topological polar surface area (TPSA) is 61.4 Å². The fourth-order valence-corrected chi connectivity index (χ4v) is 8.84. The second kappa shape index (κ2) is 14.7. The minimum atomic E-state index is 0.679. The lowest BCUT2D eigenvalue weighted by molar-refractivity contribution is 1.05. The maximum Gasteiger partial charge on any atom is 0.162 e. The van der Waals surface area contributed by atoms with Gasteiger partial charge in [0.05, 0.1) is 33.5 Å². The van der Waals surface area contributed by atoms with Gasteiger partial charge in [-0.3, -0.25) is 9.13 Å². The van der Waals surface area contributed by atoms with Crippen LogP contribution in [-0.4, -0.2) is 29.1 Å². The minimum absolute atomic E-state index is 0.679. The van der Waals surface area contributed by atoms with Gasteiger partial charge in [0.1, 0.15) is 11.6 Å². The van der Waals surface area contributed by atoms with E-state index in [2.05, 4.69) is 179 Å². The number of benzene rings is 8. The molecule has 0 amide bonds. The van der Waals surface area contributed by atoms with E-state index in [4.69, 9.17) is 19.9 Å². The summed E-state index contributed by atoms with van der Waals surface area (Å²) < 4.78 is 4.59. The Balaban J connectivity index is 1.08. The van der Waals surface area contributed by atoms with Gasteiger partial charge in [-0.05, 0) is 35.4 Å². The largest absolute Gasteiger partial charge is 0.294 e. The highest BCUT2D eigenvalue weighted by molar-refractivity contribution is 6.12. The molecule has 0 saturated heterocycles. The van der Waals surface area contributed by atoms with Crippen LogP contribution in [0.5, 0.6) is 0 Å². The number of fused-ring (bicyclic) bond motifs is 6. The van der Waals surface area contributed by atoms with E-state index in [1.165, 1.54) is 0 Å². The molecule has 0 N–H and O–H groups in total. The molecule has 0 aliphatic rings. The highest BCUT2D eigenvalue weighted by Gasteiger charge is 2.20. The molecule has 0 aliphatic heterocycles. The van der Waals surface area contributed by atoms with Gasteiger partial charge in [-0.25, -0.2) is 19.9 Å². The summed E-state index contributed by atoms with van der Waals surface area (Å²) in [4.78, 5) is 20.8. The Morgan fingerprint density at radius 3 is 0.984 bits per heavy atom. The molecule has 8 aromatic carbocycles. The van der Waals surface area contributed by atoms with Crippen molar-refractivity contribution in [2.75, 3.05) is 0 Å². The normalized spacial score (nSPS) is 11.5. The third-order valence-electron chi connectivity index (χ3n) is 11.8. The molecule has 0 radical (unpaired) electrons. The fraction of sp³-hybridized carbons (Fsp3) is 0. The molecule has 4 aromatic heterocycles. The van der Waals surface area contributed by atoms with Gasteiger partial charge in [-0.2, -0.15) is 0 Å². The fourth-order valence-electron chi connectivity index (χ4n) is 8.84. The van der Waals surface area contributed by atoms with Crippen molar-refractivity contribution >= 4 is 43.6 Å². The molecule has 0 unspecified atom stereocenters. The van der Waals surface area contributed by atoms with Gasteiger partial charge in [-0.15, -0.1) is 0 Å². The lowest BCUT2D eigenvalue weighted by Gasteiger charge is -2.13. The summed E-state index contributed by atoms with van der Waals surface area (Å²) >= 11 is 0. The van der Waals surface area contributed by atoms with Crippen molar-refractivity contribution in [1.82, 2.24) is 29.1 Å². The second-order valence-electron chi connectivity index (χ2n) is 15.5. The first-order chi connectivity index (χ1) is 30.7. The monoisotopic (exact) mass is 792 g/mol. The molecule has 0 atom stereocenters. The van der Waals surface area contributed by atoms with Crippen LogP contribution < -0.4 is 0 Å². The Bertz CT molecular complexity index is 3260. The molecule has 0 bridgehead atoms. The van der Waals surface area contributed by atoms with E-state index in [0.717, 1.165) is 100 Å². The van der Waals surface area contributed by atoms with Crippen LogP contribution in [0.1, 0.15) is 0 Å². The van der Waals surface area contributed by atoms with E-state index < -0.39 is 0 Å². The van der Waals surface area contributed by atoms with Crippen LogP contribution in [-0.2, 0) is 0 Å². The van der Waals surface area contributed by atoms with E-state index in [1.54, 1.807) is 0 Å². The first-order valence-electron chi connectivity index (χ1n) is 20.8. The number of aromatic nitrogens is 6. The quantitative estimate of drug-likeness (QED) is 0.161. The zero-order chi connectivity index (χ0) is 41.0. The van der Waals surface area contributed by atoms with Crippen LogP contribution in [0.15, 0.2) is 218 Å². The van der Waals surface area contributed by atoms with Crippen molar-refractivity contribution in [3.8, 4) is 68.1 Å². The van der Waals surface area contributed by atoms with Crippen molar-refractivity contribution in [3.63, 3.8) is 0 Å². The molecule has 0 spiro atoms. The summed E-state index contributed by atoms with van der Waals surface area (Å²) in [5, 5.41) is 4.64. The summed E-state index contributed by atoms with van der Waals surface area (Å²) in [7, 11) is 0. The van der Waals surface area contributed by atoms with Gasteiger partial charge in [0.15, 0.2) is 11.6 Å². The zero-order valence-corrected chi connectivity index (χ0v) is 33.5. The number of hydrogen-bond acceptors (Lipinski definition) is 4. The Labute approximate surface area is 357 Å². The molecule has 12 aromatic rings. The SMILES string of the molecule is c1ccc(-c2cc(-n3c4ccccc4c4ccc(-c5ccc6c7ccccc7n(-c7cc(-c8ccccc8)nc(-c8ccccc8)n7)c6c5)cc43)nc(-c3ccccc3)n2)cc1. The lowest BCUT2D eigenvalue weighted by atomic mass is 10.0. The standard InChI is InChI=1S/C56H36N6/c1-5-17-37(18-6-1)47-35-53(59-55(57-47)39-21-9-3-10-22-39)61-49-27-15-13-25-43(49)45-31-29-41(33-51(45)61)42-30-32-46-44-26-14-16-28-50(44)62(52(46)34-42)54-36-48(38-19-7-2-8-20-38)58-56(60-54)40-23-11-4-12-24-40/h1-36H. The first-order valence-corrected chi connectivity index (χ1v) is 20.8. The average Bonchev–Trinajstić information content (AvgIpc) is 3.87. The number of rotatable bonds is 7. The van der Waals surface area contributed by atoms with Crippen molar-refractivity contribution in [2.45, 2.75) is 0 Å². The Hall–Kier alpha value is -8.48. The highest BCUT2D eigenvalue weighted by atomic mass is 15.1. The molecule has 6 heteroatoms. The Kier molecular flexibility index (Phi) is 8.38. The molecule has 12 rings (SSSR count). The smallest absolute Gasteiger partial charge is 0.162 e. The third kappa shape index (κ3) is 6.04. The van der Waals surface area contributed by atoms with Crippen molar-refractivity contribution < 1.29 is 0 Å². The van der Waals surface area contributed by atoms with Gasteiger partial charge >= 0.3 is 0 Å². The van der Waals surface area contributed by atoms with Gasteiger partial charge in [0, 0.05) is 55.9 Å². The summed E-state index contributed by atoms with van der Waals surface area (Å²) in [5.41, 5.74) is 12.2. The van der Waals surface area contributed by atoms with Gasteiger partial charge in [0.25, 0.3) is 0 Å². The first kappa shape index (κ1) is 35.5. The Morgan fingerprint density at radius 1 is 0.242 bits per heavy atom. The van der Waals surface area contributed by atoms with E-state index in [1.807, 2.05) is 48.5 Å². The summed E-state index contributed by atoms with van der Waals surface area (Å²) in [6.07, 6.45) is 0. The minimum Gasteiger partial charge on any atom is -0.294 e. The summed E-state index contributed by atoms with van der Waals surface area (Å²) in [5.74, 6) is 2.98. The van der Waals surface area contributed by atoms with E-state index >= 15 is 0 Å². The second-order valence-corrected chi connectivity index (χ2v) is 15.5. The van der Waals surface area contributed by atoms with Crippen LogP contribution in [0.3, 0.4) is 0 Å². The maximum atomic E-state index is 5.28. The third-order valence-corrected chi connectivity index (χ3v) is 11.8. The van der Waals surface area contributed by atoms with E-state index in [0.29, 0.717) is 11.6 Å². The summed E-state index contributed by atoms with van der Waals surface area (Å²) in [6.45, 7) is 0. The van der Waals surface area contributed by atoms with E-state index in [-0.39, 0.29) is 0 Å². The van der Waals surface area contributed by atoms with Crippen molar-refractivity contribution in [1.29, 1.82) is 0 Å². The molecular weight excluding hydrogens is 757 g/mol. The van der Waals surface area contributed by atoms with Gasteiger partial charge in [0.2, 0.25) is 0 Å². The summed E-state index contributed by atoms with van der Waals surface area (Å²) in [6, 6.07) is 76.2. The van der Waals surface area contributed by atoms with Crippen LogP contribution in [0.2, 0.25) is 0 Å². The van der Waals surface area contributed by atoms with E-state index in [9.17, 15) is 0 Å². The molecule has 0 saturated carbocycles. The van der Waals surface area contributed by atoms with Crippen LogP contribution in [0.4, 0.5) is 0 Å². The molecule has 0 fully saturated rings. The highest BCUT2D eigenvalue weighted by Crippen LogP contribution is 2.39. The zero-order valence-electron chi connectivity index (χ0n) is 33.5. The van der Waals surface area contributed by atoms with Gasteiger partial charge in [-0.1, -0.05) is 182 Å². The van der Waals surface area contributed by atoms with Crippen molar-refractivity contribution in [3.05, 3.63) is 218 Å². The molecular formula is C56H36N6. The number of hydrogen-bond donors (Lipinski definition) is 0. The van der Waals surface area contributed by atoms with Crippen molar-refractivity contribution in [2.24, 2.45) is 0 Å². The molecule has 6 nitrogen and oxygen atoms in total. The molecule has 0 aliphatic carbocycles. The predicted octanol–water partition coefficient (Wildman–Crippen LogP) is 13.8. The molecule has 290 valence electrons.